The van der Waals surface area contributed by atoms with Crippen LogP contribution in [0.3, 0.4) is 0 Å². The summed E-state index contributed by atoms with van der Waals surface area (Å²) in [5.41, 5.74) is -1.03. The van der Waals surface area contributed by atoms with Crippen LogP contribution in [0.15, 0.2) is 0 Å². The Balaban J connectivity index is 2.21. The molecule has 2 rings (SSSR count). The van der Waals surface area contributed by atoms with Crippen LogP contribution in [-0.4, -0.2) is 33.9 Å². The standard InChI is InChI=1S/C9H12Br2O3/c1-8-3-5(10)6(11)4-9(8,14-8)7(12)13-2/h5-6H,3-4H2,1-2H3. The SMILES string of the molecule is COC(=O)C12CC(Br)C(Br)CC1(C)O2. The fraction of sp³-hybridized carbons (Fsp3) is 0.889. The van der Waals surface area contributed by atoms with E-state index in [-0.39, 0.29) is 16.4 Å². The number of alkyl halides is 2. The highest BCUT2D eigenvalue weighted by Gasteiger charge is 2.75. The van der Waals surface area contributed by atoms with Crippen LogP contribution < -0.4 is 0 Å². The molecule has 1 saturated carbocycles. The number of fused-ring (bicyclic) bond motifs is 1. The summed E-state index contributed by atoms with van der Waals surface area (Å²) >= 11 is 7.12. The monoisotopic (exact) mass is 326 g/mol. The highest BCUT2D eigenvalue weighted by molar-refractivity contribution is 9.12. The fourth-order valence-corrected chi connectivity index (χ4v) is 3.68. The first-order valence-electron chi connectivity index (χ1n) is 4.52. The van der Waals surface area contributed by atoms with Crippen LogP contribution in [0, 0.1) is 0 Å². The van der Waals surface area contributed by atoms with Gasteiger partial charge in [0.15, 0.2) is 5.60 Å². The number of ether oxygens (including phenoxy) is 2. The number of carbonyl (C=O) groups is 1. The van der Waals surface area contributed by atoms with E-state index in [2.05, 4.69) is 31.9 Å². The summed E-state index contributed by atoms with van der Waals surface area (Å²) in [4.78, 5) is 12.2. The summed E-state index contributed by atoms with van der Waals surface area (Å²) in [7, 11) is 1.41. The van der Waals surface area contributed by atoms with Gasteiger partial charge in [0.05, 0.1) is 7.11 Å². The Morgan fingerprint density at radius 3 is 2.57 bits per heavy atom. The predicted molar refractivity (Wildman–Crippen MR) is 58.9 cm³/mol. The first-order valence-corrected chi connectivity index (χ1v) is 6.35. The Kier molecular flexibility index (Phi) is 2.48. The van der Waals surface area contributed by atoms with Crippen molar-refractivity contribution >= 4 is 37.8 Å². The third kappa shape index (κ3) is 1.28. The van der Waals surface area contributed by atoms with Crippen molar-refractivity contribution in [1.82, 2.24) is 0 Å². The Labute approximate surface area is 99.8 Å². The molecule has 0 aromatic rings. The van der Waals surface area contributed by atoms with Gasteiger partial charge < -0.3 is 9.47 Å². The molecule has 80 valence electrons. The highest BCUT2D eigenvalue weighted by atomic mass is 79.9. The van der Waals surface area contributed by atoms with Crippen molar-refractivity contribution in [2.24, 2.45) is 0 Å². The molecule has 0 N–H and O–H groups in total. The second-order valence-electron chi connectivity index (χ2n) is 4.09. The van der Waals surface area contributed by atoms with Crippen LogP contribution in [0.4, 0.5) is 0 Å². The van der Waals surface area contributed by atoms with Gasteiger partial charge in [0, 0.05) is 16.1 Å². The maximum Gasteiger partial charge on any atom is 0.341 e. The van der Waals surface area contributed by atoms with E-state index < -0.39 is 5.60 Å². The molecule has 0 amide bonds. The van der Waals surface area contributed by atoms with Gasteiger partial charge in [-0.1, -0.05) is 31.9 Å². The third-order valence-corrected chi connectivity index (χ3v) is 5.82. The summed E-state index contributed by atoms with van der Waals surface area (Å²) in [5.74, 6) is -0.246. The number of hydrogen-bond donors (Lipinski definition) is 0. The largest absolute Gasteiger partial charge is 0.467 e. The molecule has 0 aromatic carbocycles. The molecule has 0 bridgehead atoms. The Morgan fingerprint density at radius 1 is 1.43 bits per heavy atom. The van der Waals surface area contributed by atoms with Crippen molar-refractivity contribution in [3.05, 3.63) is 0 Å². The second-order valence-corrected chi connectivity index (χ2v) is 6.44. The quantitative estimate of drug-likeness (QED) is 0.420. The van der Waals surface area contributed by atoms with Crippen molar-refractivity contribution in [1.29, 1.82) is 0 Å². The van der Waals surface area contributed by atoms with E-state index in [0.717, 1.165) is 6.42 Å². The molecule has 3 nitrogen and oxygen atoms in total. The number of halogens is 2. The van der Waals surface area contributed by atoms with Gasteiger partial charge in [-0.25, -0.2) is 4.79 Å². The molecular weight excluding hydrogens is 316 g/mol. The molecule has 4 unspecified atom stereocenters. The van der Waals surface area contributed by atoms with Gasteiger partial charge in [-0.2, -0.15) is 0 Å². The van der Waals surface area contributed by atoms with Crippen LogP contribution >= 0.6 is 31.9 Å². The van der Waals surface area contributed by atoms with Gasteiger partial charge in [-0.05, 0) is 13.3 Å². The molecule has 2 fully saturated rings. The summed E-state index contributed by atoms with van der Waals surface area (Å²) in [6.07, 6.45) is 1.50. The van der Waals surface area contributed by atoms with E-state index in [4.69, 9.17) is 9.47 Å². The normalized spacial score (nSPS) is 50.9. The summed E-state index contributed by atoms with van der Waals surface area (Å²) in [5, 5.41) is 0. The van der Waals surface area contributed by atoms with E-state index in [0.29, 0.717) is 11.2 Å². The molecule has 0 aromatic heterocycles. The van der Waals surface area contributed by atoms with Crippen LogP contribution in [0.5, 0.6) is 0 Å². The second kappa shape index (κ2) is 3.19. The molecular formula is C9H12Br2O3. The molecule has 0 spiro atoms. The maximum absolute atomic E-state index is 11.6. The molecule has 1 aliphatic heterocycles. The minimum absolute atomic E-state index is 0.246. The van der Waals surface area contributed by atoms with Crippen LogP contribution in [0.2, 0.25) is 0 Å². The predicted octanol–water partition coefficient (Wildman–Crippen LogP) is 2.01. The number of methoxy groups -OCH3 is 1. The van der Waals surface area contributed by atoms with Gasteiger partial charge in [-0.3, -0.25) is 0 Å². The lowest BCUT2D eigenvalue weighted by molar-refractivity contribution is -0.147. The first-order chi connectivity index (χ1) is 6.45. The van der Waals surface area contributed by atoms with Crippen molar-refractivity contribution in [2.75, 3.05) is 7.11 Å². The Hall–Kier alpha value is 0.390. The van der Waals surface area contributed by atoms with Crippen molar-refractivity contribution < 1.29 is 14.3 Å². The van der Waals surface area contributed by atoms with E-state index in [9.17, 15) is 4.79 Å². The van der Waals surface area contributed by atoms with Gasteiger partial charge in [0.1, 0.15) is 5.60 Å². The molecule has 1 heterocycles. The zero-order chi connectivity index (χ0) is 10.6. The average Bonchev–Trinajstić information content (AvgIpc) is 2.71. The number of esters is 1. The number of rotatable bonds is 1. The zero-order valence-electron chi connectivity index (χ0n) is 8.05. The lowest BCUT2D eigenvalue weighted by Gasteiger charge is -2.28. The maximum atomic E-state index is 11.6. The molecule has 1 saturated heterocycles. The van der Waals surface area contributed by atoms with E-state index in [1.54, 1.807) is 0 Å². The topological polar surface area (TPSA) is 38.8 Å². The van der Waals surface area contributed by atoms with Crippen LogP contribution in [0.1, 0.15) is 19.8 Å². The van der Waals surface area contributed by atoms with Gasteiger partial charge >= 0.3 is 5.97 Å². The van der Waals surface area contributed by atoms with Crippen molar-refractivity contribution in [2.45, 2.75) is 40.6 Å². The van der Waals surface area contributed by atoms with E-state index >= 15 is 0 Å². The molecule has 5 heteroatoms. The molecule has 2 aliphatic rings. The molecule has 14 heavy (non-hydrogen) atoms. The summed E-state index contributed by atoms with van der Waals surface area (Å²) in [6.45, 7) is 1.97. The lowest BCUT2D eigenvalue weighted by Crippen LogP contribution is -2.43. The average molecular weight is 328 g/mol. The van der Waals surface area contributed by atoms with Crippen molar-refractivity contribution in [3.63, 3.8) is 0 Å². The third-order valence-electron chi connectivity index (χ3n) is 3.19. The number of hydrogen-bond acceptors (Lipinski definition) is 3. The smallest absolute Gasteiger partial charge is 0.341 e. The van der Waals surface area contributed by atoms with Crippen molar-refractivity contribution in [3.8, 4) is 0 Å². The summed E-state index contributed by atoms with van der Waals surface area (Å²) in [6, 6.07) is 0. The van der Waals surface area contributed by atoms with Crippen LogP contribution in [0.25, 0.3) is 0 Å². The molecule has 0 radical (unpaired) electrons. The van der Waals surface area contributed by atoms with E-state index in [1.165, 1.54) is 7.11 Å². The minimum atomic E-state index is -0.694. The van der Waals surface area contributed by atoms with Gasteiger partial charge in [-0.15, -0.1) is 0 Å². The molecule has 4 atom stereocenters. The van der Waals surface area contributed by atoms with Gasteiger partial charge in [0.2, 0.25) is 0 Å². The summed E-state index contributed by atoms with van der Waals surface area (Å²) < 4.78 is 10.4. The molecule has 1 aliphatic carbocycles. The van der Waals surface area contributed by atoms with Crippen LogP contribution in [-0.2, 0) is 14.3 Å². The Bertz CT molecular complexity index is 283. The lowest BCUT2D eigenvalue weighted by atomic mass is 9.80. The zero-order valence-corrected chi connectivity index (χ0v) is 11.2. The number of epoxide rings is 1. The van der Waals surface area contributed by atoms with Gasteiger partial charge in [0.25, 0.3) is 0 Å². The first kappa shape index (κ1) is 10.9. The number of carbonyl (C=O) groups excluding carboxylic acids is 1. The highest BCUT2D eigenvalue weighted by Crippen LogP contribution is 2.60. The minimum Gasteiger partial charge on any atom is -0.467 e. The Morgan fingerprint density at radius 2 is 2.00 bits per heavy atom. The van der Waals surface area contributed by atoms with E-state index in [1.807, 2.05) is 6.92 Å². The fourth-order valence-electron chi connectivity index (χ4n) is 2.23.